The third-order valence-electron chi connectivity index (χ3n) is 5.27. The number of carbonyl (C=O) groups excluding carboxylic acids is 2. The van der Waals surface area contributed by atoms with Gasteiger partial charge in [0.1, 0.15) is 5.76 Å². The predicted octanol–water partition coefficient (Wildman–Crippen LogP) is 2.38. The summed E-state index contributed by atoms with van der Waals surface area (Å²) in [4.78, 5) is 31.4. The van der Waals surface area contributed by atoms with Gasteiger partial charge in [-0.2, -0.15) is 0 Å². The van der Waals surface area contributed by atoms with Crippen LogP contribution in [0.2, 0.25) is 0 Å². The van der Waals surface area contributed by atoms with Crippen molar-refractivity contribution in [1.29, 1.82) is 0 Å². The summed E-state index contributed by atoms with van der Waals surface area (Å²) in [6, 6.07) is 13.5. The van der Waals surface area contributed by atoms with Gasteiger partial charge < -0.3 is 19.0 Å². The molecule has 0 N–H and O–H groups in total. The van der Waals surface area contributed by atoms with E-state index in [9.17, 15) is 9.59 Å². The van der Waals surface area contributed by atoms with Gasteiger partial charge in [0, 0.05) is 39.1 Å². The van der Waals surface area contributed by atoms with Gasteiger partial charge in [0.15, 0.2) is 0 Å². The van der Waals surface area contributed by atoms with Crippen LogP contribution in [0.1, 0.15) is 24.7 Å². The number of carbonyl (C=O) groups is 2. The predicted molar refractivity (Wildman–Crippen MR) is 114 cm³/mol. The quantitative estimate of drug-likeness (QED) is 0.598. The fraction of sp³-hybridized carbons (Fsp3) is 0.478. The van der Waals surface area contributed by atoms with E-state index in [0.717, 1.165) is 31.0 Å². The van der Waals surface area contributed by atoms with Crippen LogP contribution < -0.4 is 0 Å². The number of hydrogen-bond acceptors (Lipinski definition) is 5. The molecule has 7 nitrogen and oxygen atoms in total. The first-order valence-corrected chi connectivity index (χ1v) is 10.6. The van der Waals surface area contributed by atoms with Crippen molar-refractivity contribution in [3.05, 3.63) is 60.1 Å². The number of hydrogen-bond donors (Lipinski definition) is 0. The second-order valence-electron chi connectivity index (χ2n) is 7.44. The van der Waals surface area contributed by atoms with Crippen molar-refractivity contribution < 1.29 is 18.7 Å². The van der Waals surface area contributed by atoms with Crippen molar-refractivity contribution >= 4 is 11.8 Å². The van der Waals surface area contributed by atoms with Gasteiger partial charge in [0.25, 0.3) is 0 Å². The van der Waals surface area contributed by atoms with E-state index in [4.69, 9.17) is 9.15 Å². The van der Waals surface area contributed by atoms with Crippen LogP contribution in [0.5, 0.6) is 0 Å². The maximum absolute atomic E-state index is 13.2. The highest BCUT2D eigenvalue weighted by Gasteiger charge is 2.22. The highest BCUT2D eigenvalue weighted by atomic mass is 16.5. The highest BCUT2D eigenvalue weighted by molar-refractivity contribution is 5.84. The molecule has 0 aliphatic carbocycles. The molecule has 0 atom stereocenters. The summed E-state index contributed by atoms with van der Waals surface area (Å²) in [5.74, 6) is 0.634. The van der Waals surface area contributed by atoms with Crippen LogP contribution in [0.3, 0.4) is 0 Å². The van der Waals surface area contributed by atoms with Crippen molar-refractivity contribution in [3.8, 4) is 0 Å². The van der Waals surface area contributed by atoms with Crippen LogP contribution in [-0.2, 0) is 27.4 Å². The van der Waals surface area contributed by atoms with Crippen LogP contribution in [0, 0.1) is 0 Å². The molecule has 0 saturated carbocycles. The lowest BCUT2D eigenvalue weighted by molar-refractivity contribution is -0.141. The van der Waals surface area contributed by atoms with E-state index in [1.807, 2.05) is 49.4 Å². The molecular formula is C23H31N3O4. The Hall–Kier alpha value is -2.64. The number of nitrogens with zero attached hydrogens (tertiary/aromatic N) is 3. The normalized spacial score (nSPS) is 14.4. The Balaban J connectivity index is 1.65. The molecule has 2 aromatic rings. The molecule has 3 rings (SSSR count). The molecule has 0 bridgehead atoms. The maximum atomic E-state index is 13.2. The van der Waals surface area contributed by atoms with E-state index in [1.165, 1.54) is 0 Å². The smallest absolute Gasteiger partial charge is 0.242 e. The summed E-state index contributed by atoms with van der Waals surface area (Å²) < 4.78 is 10.8. The van der Waals surface area contributed by atoms with Crippen molar-refractivity contribution in [3.63, 3.8) is 0 Å². The Morgan fingerprint density at radius 3 is 2.40 bits per heavy atom. The van der Waals surface area contributed by atoms with E-state index < -0.39 is 0 Å². The number of ether oxygens (including phenoxy) is 1. The van der Waals surface area contributed by atoms with Gasteiger partial charge in [-0.25, -0.2) is 0 Å². The highest BCUT2D eigenvalue weighted by Crippen LogP contribution is 2.12. The minimum Gasteiger partial charge on any atom is -0.467 e. The lowest BCUT2D eigenvalue weighted by Crippen LogP contribution is -2.46. The molecule has 0 radical (unpaired) electrons. The Bertz CT molecular complexity index is 773. The standard InChI is InChI=1S/C23H31N3O4/c1-2-22(27)25(11-10-24-12-15-29-16-13-24)19-23(28)26(18-21-9-6-14-30-21)17-20-7-4-3-5-8-20/h3-9,14H,2,10-13,15-19H2,1H3. The first-order chi connectivity index (χ1) is 14.7. The number of morpholine rings is 1. The van der Waals surface area contributed by atoms with Gasteiger partial charge in [0.2, 0.25) is 11.8 Å². The third kappa shape index (κ3) is 6.71. The maximum Gasteiger partial charge on any atom is 0.242 e. The molecule has 0 unspecified atom stereocenters. The topological polar surface area (TPSA) is 66.2 Å². The lowest BCUT2D eigenvalue weighted by atomic mass is 10.2. The van der Waals surface area contributed by atoms with Crippen LogP contribution >= 0.6 is 0 Å². The second kappa shape index (κ2) is 11.5. The zero-order valence-corrected chi connectivity index (χ0v) is 17.7. The molecule has 30 heavy (non-hydrogen) atoms. The molecule has 1 aromatic heterocycles. The second-order valence-corrected chi connectivity index (χ2v) is 7.44. The molecule has 7 heteroatoms. The summed E-state index contributed by atoms with van der Waals surface area (Å²) in [5.41, 5.74) is 1.04. The van der Waals surface area contributed by atoms with Crippen molar-refractivity contribution in [2.45, 2.75) is 26.4 Å². The fourth-order valence-corrected chi connectivity index (χ4v) is 3.49. The minimum absolute atomic E-state index is 0.00531. The van der Waals surface area contributed by atoms with Gasteiger partial charge in [0.05, 0.1) is 32.6 Å². The number of benzene rings is 1. The summed E-state index contributed by atoms with van der Waals surface area (Å²) in [5, 5.41) is 0. The molecule has 1 aromatic carbocycles. The van der Waals surface area contributed by atoms with E-state index in [1.54, 1.807) is 16.1 Å². The minimum atomic E-state index is -0.0842. The largest absolute Gasteiger partial charge is 0.467 e. The van der Waals surface area contributed by atoms with Crippen LogP contribution in [0.4, 0.5) is 0 Å². The van der Waals surface area contributed by atoms with E-state index in [0.29, 0.717) is 39.3 Å². The first kappa shape index (κ1) is 22.1. The van der Waals surface area contributed by atoms with Gasteiger partial charge in [-0.05, 0) is 17.7 Å². The first-order valence-electron chi connectivity index (χ1n) is 10.6. The summed E-state index contributed by atoms with van der Waals surface area (Å²) in [6.07, 6.45) is 1.99. The monoisotopic (exact) mass is 413 g/mol. The van der Waals surface area contributed by atoms with Gasteiger partial charge in [-0.15, -0.1) is 0 Å². The van der Waals surface area contributed by atoms with E-state index in [2.05, 4.69) is 4.90 Å². The molecule has 1 aliphatic heterocycles. The van der Waals surface area contributed by atoms with Crippen LogP contribution in [0.15, 0.2) is 53.1 Å². The fourth-order valence-electron chi connectivity index (χ4n) is 3.49. The molecule has 2 heterocycles. The van der Waals surface area contributed by atoms with E-state index in [-0.39, 0.29) is 18.4 Å². The molecule has 2 amide bonds. The zero-order valence-electron chi connectivity index (χ0n) is 17.7. The zero-order chi connectivity index (χ0) is 21.2. The van der Waals surface area contributed by atoms with Gasteiger partial charge >= 0.3 is 0 Å². The average molecular weight is 414 g/mol. The molecule has 1 saturated heterocycles. The Kier molecular flexibility index (Phi) is 8.47. The molecule has 162 valence electrons. The number of amides is 2. The Morgan fingerprint density at radius 1 is 0.967 bits per heavy atom. The third-order valence-corrected chi connectivity index (χ3v) is 5.27. The average Bonchev–Trinajstić information content (AvgIpc) is 3.30. The Morgan fingerprint density at radius 2 is 1.73 bits per heavy atom. The SMILES string of the molecule is CCC(=O)N(CCN1CCOCC1)CC(=O)N(Cc1ccccc1)Cc1ccco1. The number of furan rings is 1. The molecular weight excluding hydrogens is 382 g/mol. The molecule has 1 fully saturated rings. The van der Waals surface area contributed by atoms with Crippen molar-refractivity contribution in [1.82, 2.24) is 14.7 Å². The van der Waals surface area contributed by atoms with Crippen LogP contribution in [0.25, 0.3) is 0 Å². The lowest BCUT2D eigenvalue weighted by Gasteiger charge is -2.31. The van der Waals surface area contributed by atoms with Crippen molar-refractivity contribution in [2.75, 3.05) is 45.9 Å². The summed E-state index contributed by atoms with van der Waals surface area (Å²) in [6.45, 7) is 7.20. The van der Waals surface area contributed by atoms with Gasteiger partial charge in [-0.3, -0.25) is 14.5 Å². The Labute approximate surface area is 178 Å². The van der Waals surface area contributed by atoms with Crippen LogP contribution in [-0.4, -0.2) is 72.5 Å². The van der Waals surface area contributed by atoms with Gasteiger partial charge in [-0.1, -0.05) is 37.3 Å². The number of rotatable bonds is 10. The molecule has 0 spiro atoms. The van der Waals surface area contributed by atoms with E-state index >= 15 is 0 Å². The summed E-state index contributed by atoms with van der Waals surface area (Å²) in [7, 11) is 0. The summed E-state index contributed by atoms with van der Waals surface area (Å²) >= 11 is 0. The van der Waals surface area contributed by atoms with Crippen molar-refractivity contribution in [2.24, 2.45) is 0 Å². The molecule has 1 aliphatic rings.